The molecule has 0 spiro atoms. The molecule has 106 valence electrons. The van der Waals surface area contributed by atoms with Gasteiger partial charge >= 0.3 is 0 Å². The number of nitrogens with zero attached hydrogens (tertiary/aromatic N) is 1. The van der Waals surface area contributed by atoms with Gasteiger partial charge < -0.3 is 4.74 Å². The Hall–Kier alpha value is -0.430. The second kappa shape index (κ2) is 7.38. The first-order valence-electron chi connectivity index (χ1n) is 6.52. The number of alkyl halides is 2. The molecule has 19 heavy (non-hydrogen) atoms. The number of rotatable bonds is 5. The lowest BCUT2D eigenvalue weighted by molar-refractivity contribution is 0.0552. The van der Waals surface area contributed by atoms with Crippen LogP contribution in [0.1, 0.15) is 12.8 Å². The molecule has 1 fully saturated rings. The van der Waals surface area contributed by atoms with Crippen LogP contribution in [-0.2, 0) is 0 Å². The highest BCUT2D eigenvalue weighted by Crippen LogP contribution is 2.20. The molecule has 0 saturated carbocycles. The molecule has 1 aliphatic rings. The van der Waals surface area contributed by atoms with Crippen molar-refractivity contribution in [3.05, 3.63) is 27.8 Å². The first-order valence-corrected chi connectivity index (χ1v) is 7.60. The van der Waals surface area contributed by atoms with Crippen LogP contribution < -0.4 is 4.74 Å². The third-order valence-corrected chi connectivity index (χ3v) is 3.95. The second-order valence-corrected chi connectivity index (χ2v) is 6.17. The van der Waals surface area contributed by atoms with E-state index in [-0.39, 0.29) is 6.54 Å². The van der Waals surface area contributed by atoms with Gasteiger partial charge in [0.15, 0.2) is 0 Å². The van der Waals surface area contributed by atoms with Crippen molar-refractivity contribution in [3.8, 4) is 5.75 Å². The molecule has 0 amide bonds. The van der Waals surface area contributed by atoms with Gasteiger partial charge in [-0.3, -0.25) is 4.90 Å². The summed E-state index contributed by atoms with van der Waals surface area (Å²) in [7, 11) is 0. The first kappa shape index (κ1) is 15.0. The van der Waals surface area contributed by atoms with Crippen molar-refractivity contribution in [2.45, 2.75) is 19.3 Å². The molecule has 2 rings (SSSR count). The predicted molar refractivity (Wildman–Crippen MR) is 79.8 cm³/mol. The smallest absolute Gasteiger partial charge is 0.251 e. The van der Waals surface area contributed by atoms with Crippen LogP contribution >= 0.6 is 22.6 Å². The fraction of sp³-hybridized carbons (Fsp3) is 0.571. The standard InChI is InChI=1S/C14H18F2INO/c15-14(16)9-18-6-2-3-11(8-18)10-19-13-5-1-4-12(17)7-13/h1,4-5,7,11,14H,2-3,6,8-10H2/t11-/m0/s1. The zero-order chi connectivity index (χ0) is 13.7. The van der Waals surface area contributed by atoms with Gasteiger partial charge in [-0.25, -0.2) is 8.78 Å². The summed E-state index contributed by atoms with van der Waals surface area (Å²) in [5.74, 6) is 1.21. The van der Waals surface area contributed by atoms with Gasteiger partial charge in [0.25, 0.3) is 6.43 Å². The Balaban J connectivity index is 1.79. The van der Waals surface area contributed by atoms with Crippen molar-refractivity contribution in [2.75, 3.05) is 26.2 Å². The van der Waals surface area contributed by atoms with E-state index < -0.39 is 6.43 Å². The minimum Gasteiger partial charge on any atom is -0.493 e. The SMILES string of the molecule is FC(F)CN1CCC[C@H](COc2cccc(I)c2)C1. The monoisotopic (exact) mass is 381 g/mol. The Kier molecular flexibility index (Phi) is 5.81. The van der Waals surface area contributed by atoms with E-state index in [9.17, 15) is 8.78 Å². The third-order valence-electron chi connectivity index (χ3n) is 3.28. The van der Waals surface area contributed by atoms with Crippen LogP contribution in [0.15, 0.2) is 24.3 Å². The van der Waals surface area contributed by atoms with Crippen LogP contribution in [0, 0.1) is 9.49 Å². The number of halogens is 3. The molecule has 1 aromatic carbocycles. The quantitative estimate of drug-likeness (QED) is 0.723. The van der Waals surface area contributed by atoms with Crippen LogP contribution in [0.5, 0.6) is 5.75 Å². The van der Waals surface area contributed by atoms with E-state index in [4.69, 9.17) is 4.74 Å². The molecule has 0 aromatic heterocycles. The first-order chi connectivity index (χ1) is 9.13. The molecule has 1 saturated heterocycles. The lowest BCUT2D eigenvalue weighted by Crippen LogP contribution is -2.40. The second-order valence-electron chi connectivity index (χ2n) is 4.93. The molecule has 1 aliphatic heterocycles. The maximum atomic E-state index is 12.4. The summed E-state index contributed by atoms with van der Waals surface area (Å²) in [6, 6.07) is 7.89. The van der Waals surface area contributed by atoms with Crippen LogP contribution in [0.4, 0.5) is 8.78 Å². The highest BCUT2D eigenvalue weighted by atomic mass is 127. The van der Waals surface area contributed by atoms with Gasteiger partial charge in [0, 0.05) is 16.0 Å². The highest BCUT2D eigenvalue weighted by Gasteiger charge is 2.22. The molecular weight excluding hydrogens is 363 g/mol. The zero-order valence-corrected chi connectivity index (χ0v) is 12.9. The number of ether oxygens (including phenoxy) is 1. The van der Waals surface area contributed by atoms with E-state index in [0.29, 0.717) is 19.1 Å². The van der Waals surface area contributed by atoms with Gasteiger partial charge in [0.05, 0.1) is 13.2 Å². The van der Waals surface area contributed by atoms with Gasteiger partial charge in [0.1, 0.15) is 5.75 Å². The van der Waals surface area contributed by atoms with Crippen LogP contribution in [-0.4, -0.2) is 37.6 Å². The molecule has 0 N–H and O–H groups in total. The summed E-state index contributed by atoms with van der Waals surface area (Å²) in [6.45, 7) is 2.00. The summed E-state index contributed by atoms with van der Waals surface area (Å²) in [6.07, 6.45) is -0.202. The molecule has 0 bridgehead atoms. The van der Waals surface area contributed by atoms with E-state index in [0.717, 1.165) is 28.7 Å². The molecule has 0 aliphatic carbocycles. The Labute approximate surface area is 126 Å². The Morgan fingerprint density at radius 2 is 2.26 bits per heavy atom. The van der Waals surface area contributed by atoms with Crippen molar-refractivity contribution in [1.82, 2.24) is 4.90 Å². The normalized spacial score (nSPS) is 20.7. The minimum absolute atomic E-state index is 0.111. The largest absolute Gasteiger partial charge is 0.493 e. The average molecular weight is 381 g/mol. The van der Waals surface area contributed by atoms with E-state index in [1.807, 2.05) is 29.2 Å². The van der Waals surface area contributed by atoms with Gasteiger partial charge in [-0.1, -0.05) is 6.07 Å². The fourth-order valence-electron chi connectivity index (χ4n) is 2.42. The van der Waals surface area contributed by atoms with Crippen molar-refractivity contribution >= 4 is 22.6 Å². The van der Waals surface area contributed by atoms with Gasteiger partial charge in [-0.15, -0.1) is 0 Å². The van der Waals surface area contributed by atoms with Crippen molar-refractivity contribution in [3.63, 3.8) is 0 Å². The maximum absolute atomic E-state index is 12.4. The van der Waals surface area contributed by atoms with E-state index in [1.165, 1.54) is 0 Å². The number of hydrogen-bond donors (Lipinski definition) is 0. The van der Waals surface area contributed by atoms with Crippen LogP contribution in [0.25, 0.3) is 0 Å². The molecule has 1 atom stereocenters. The molecule has 1 aromatic rings. The van der Waals surface area contributed by atoms with Crippen LogP contribution in [0.2, 0.25) is 0 Å². The summed E-state index contributed by atoms with van der Waals surface area (Å²) in [4.78, 5) is 1.84. The van der Waals surface area contributed by atoms with E-state index in [2.05, 4.69) is 22.6 Å². The number of likely N-dealkylation sites (tertiary alicyclic amines) is 1. The molecule has 1 heterocycles. The Morgan fingerprint density at radius 1 is 1.42 bits per heavy atom. The average Bonchev–Trinajstić information content (AvgIpc) is 2.36. The third kappa shape index (κ3) is 5.22. The lowest BCUT2D eigenvalue weighted by Gasteiger charge is -2.32. The van der Waals surface area contributed by atoms with Gasteiger partial charge in [-0.2, -0.15) is 0 Å². The van der Waals surface area contributed by atoms with Gasteiger partial charge in [-0.05, 0) is 60.2 Å². The molecule has 2 nitrogen and oxygen atoms in total. The Morgan fingerprint density at radius 3 is 3.00 bits per heavy atom. The molecule has 0 radical (unpaired) electrons. The van der Waals surface area contributed by atoms with Crippen LogP contribution in [0.3, 0.4) is 0 Å². The minimum atomic E-state index is -2.24. The molecular formula is C14H18F2INO. The number of hydrogen-bond acceptors (Lipinski definition) is 2. The zero-order valence-electron chi connectivity index (χ0n) is 10.7. The number of piperidine rings is 1. The summed E-state index contributed by atoms with van der Waals surface area (Å²) >= 11 is 2.24. The lowest BCUT2D eigenvalue weighted by atomic mass is 9.99. The molecule has 5 heteroatoms. The van der Waals surface area contributed by atoms with Crippen molar-refractivity contribution in [2.24, 2.45) is 5.92 Å². The summed E-state index contributed by atoms with van der Waals surface area (Å²) in [5.41, 5.74) is 0. The topological polar surface area (TPSA) is 12.5 Å². The Bertz CT molecular complexity index is 403. The molecule has 0 unspecified atom stereocenters. The van der Waals surface area contributed by atoms with Gasteiger partial charge in [0.2, 0.25) is 0 Å². The fourth-order valence-corrected chi connectivity index (χ4v) is 2.93. The predicted octanol–water partition coefficient (Wildman–Crippen LogP) is 3.65. The number of benzene rings is 1. The van der Waals surface area contributed by atoms with Crippen molar-refractivity contribution < 1.29 is 13.5 Å². The van der Waals surface area contributed by atoms with E-state index >= 15 is 0 Å². The highest BCUT2D eigenvalue weighted by molar-refractivity contribution is 14.1. The summed E-state index contributed by atoms with van der Waals surface area (Å²) < 4.78 is 31.6. The summed E-state index contributed by atoms with van der Waals surface area (Å²) in [5, 5.41) is 0. The van der Waals surface area contributed by atoms with Crippen molar-refractivity contribution in [1.29, 1.82) is 0 Å². The maximum Gasteiger partial charge on any atom is 0.251 e. The van der Waals surface area contributed by atoms with E-state index in [1.54, 1.807) is 0 Å².